The molecular formula is C22H26N4O2. The number of fused-ring (bicyclic) bond motifs is 3. The lowest BCUT2D eigenvalue weighted by molar-refractivity contribution is 0.0627. The largest absolute Gasteiger partial charge is 0.354 e. The molecule has 5 rings (SSSR count). The van der Waals surface area contributed by atoms with E-state index in [1.807, 2.05) is 24.9 Å². The second-order valence-corrected chi connectivity index (χ2v) is 8.66. The summed E-state index contributed by atoms with van der Waals surface area (Å²) >= 11 is 0. The number of rotatable bonds is 1. The molecule has 2 aromatic rings. The number of nitrogens with zero attached hydrogens (tertiary/aromatic N) is 3. The summed E-state index contributed by atoms with van der Waals surface area (Å²) in [5.41, 5.74) is 5.47. The Morgan fingerprint density at radius 3 is 2.86 bits per heavy atom. The SMILES string of the molecule is Cc1ncc2c(n1)C1(CCCN(C(=O)c3[nH]c4c(c3C)C(=O)CCC4)C1)CC2. The number of amides is 1. The number of Topliss-reactive ketones (excluding diaryl/α,β-unsaturated/α-hetero) is 1. The van der Waals surface area contributed by atoms with Gasteiger partial charge in [0.1, 0.15) is 11.5 Å². The van der Waals surface area contributed by atoms with Crippen molar-refractivity contribution in [3.63, 3.8) is 0 Å². The third-order valence-corrected chi connectivity index (χ3v) is 6.88. The maximum atomic E-state index is 13.4. The Morgan fingerprint density at radius 2 is 2.04 bits per heavy atom. The molecule has 0 bridgehead atoms. The van der Waals surface area contributed by atoms with Crippen LogP contribution in [0.15, 0.2) is 6.20 Å². The van der Waals surface area contributed by atoms with Crippen molar-refractivity contribution in [1.82, 2.24) is 19.9 Å². The lowest BCUT2D eigenvalue weighted by atomic mass is 9.77. The van der Waals surface area contributed by atoms with E-state index < -0.39 is 0 Å². The number of hydrogen-bond donors (Lipinski definition) is 1. The summed E-state index contributed by atoms with van der Waals surface area (Å²) < 4.78 is 0. The molecule has 1 amide bonds. The number of likely N-dealkylation sites (tertiary alicyclic amines) is 1. The van der Waals surface area contributed by atoms with Crippen molar-refractivity contribution >= 4 is 11.7 Å². The minimum atomic E-state index is -0.0487. The third-order valence-electron chi connectivity index (χ3n) is 6.88. The van der Waals surface area contributed by atoms with E-state index in [0.29, 0.717) is 18.7 Å². The van der Waals surface area contributed by atoms with Gasteiger partial charge >= 0.3 is 0 Å². The van der Waals surface area contributed by atoms with E-state index in [4.69, 9.17) is 4.98 Å². The van der Waals surface area contributed by atoms with E-state index in [2.05, 4.69) is 9.97 Å². The number of carbonyl (C=O) groups is 2. The molecule has 1 unspecified atom stereocenters. The van der Waals surface area contributed by atoms with Gasteiger partial charge in [-0.05, 0) is 63.5 Å². The van der Waals surface area contributed by atoms with E-state index in [1.54, 1.807) is 0 Å². The highest BCUT2D eigenvalue weighted by Crippen LogP contribution is 2.44. The zero-order chi connectivity index (χ0) is 19.5. The number of hydrogen-bond acceptors (Lipinski definition) is 4. The third kappa shape index (κ3) is 2.54. The standard InChI is InChI=1S/C22H26N4O2/c1-13-18-16(5-3-6-17(18)27)25-19(13)21(28)26-10-4-8-22(12-26)9-7-15-11-23-14(2)24-20(15)22/h11,25H,3-10,12H2,1-2H3. The van der Waals surface area contributed by atoms with Crippen LogP contribution >= 0.6 is 0 Å². The number of H-pyrrole nitrogens is 1. The second kappa shape index (κ2) is 6.26. The summed E-state index contributed by atoms with van der Waals surface area (Å²) in [5, 5.41) is 0. The van der Waals surface area contributed by atoms with Gasteiger partial charge in [-0.15, -0.1) is 0 Å². The van der Waals surface area contributed by atoms with Crippen molar-refractivity contribution in [2.24, 2.45) is 0 Å². The average molecular weight is 378 g/mol. The number of ketones is 1. The van der Waals surface area contributed by atoms with Gasteiger partial charge in [0.15, 0.2) is 5.78 Å². The number of aromatic nitrogens is 3. The summed E-state index contributed by atoms with van der Waals surface area (Å²) in [6.45, 7) is 5.30. The maximum Gasteiger partial charge on any atom is 0.270 e. The smallest absolute Gasteiger partial charge is 0.270 e. The van der Waals surface area contributed by atoms with Gasteiger partial charge < -0.3 is 9.88 Å². The van der Waals surface area contributed by atoms with Crippen LogP contribution in [-0.4, -0.2) is 44.6 Å². The van der Waals surface area contributed by atoms with Gasteiger partial charge in [0.05, 0.1) is 5.69 Å². The topological polar surface area (TPSA) is 79.0 Å². The van der Waals surface area contributed by atoms with Crippen molar-refractivity contribution in [3.05, 3.63) is 45.8 Å². The number of aryl methyl sites for hydroxylation is 3. The zero-order valence-electron chi connectivity index (χ0n) is 16.6. The van der Waals surface area contributed by atoms with Crippen LogP contribution in [0.25, 0.3) is 0 Å². The van der Waals surface area contributed by atoms with Crippen molar-refractivity contribution in [1.29, 1.82) is 0 Å². The molecule has 1 spiro atoms. The van der Waals surface area contributed by atoms with Gasteiger partial charge in [-0.2, -0.15) is 0 Å². The molecule has 3 aliphatic rings. The van der Waals surface area contributed by atoms with E-state index >= 15 is 0 Å². The molecule has 6 nitrogen and oxygen atoms in total. The molecule has 6 heteroatoms. The molecule has 1 aliphatic heterocycles. The van der Waals surface area contributed by atoms with Gasteiger partial charge in [-0.3, -0.25) is 9.59 Å². The number of aromatic amines is 1. The van der Waals surface area contributed by atoms with Crippen LogP contribution in [0.5, 0.6) is 0 Å². The molecule has 2 aliphatic carbocycles. The lowest BCUT2D eigenvalue weighted by Crippen LogP contribution is -2.48. The minimum absolute atomic E-state index is 0.0259. The Bertz CT molecular complexity index is 989. The number of nitrogens with one attached hydrogen (secondary N) is 1. The van der Waals surface area contributed by atoms with Gasteiger partial charge in [-0.1, -0.05) is 0 Å². The van der Waals surface area contributed by atoms with Crippen LogP contribution in [0.1, 0.15) is 81.3 Å². The van der Waals surface area contributed by atoms with Crippen LogP contribution in [-0.2, 0) is 18.3 Å². The highest BCUT2D eigenvalue weighted by molar-refractivity contribution is 6.04. The number of piperidine rings is 1. The van der Waals surface area contributed by atoms with Gasteiger partial charge in [0.2, 0.25) is 0 Å². The van der Waals surface area contributed by atoms with Crippen molar-refractivity contribution in [3.8, 4) is 0 Å². The lowest BCUT2D eigenvalue weighted by Gasteiger charge is -2.40. The zero-order valence-corrected chi connectivity index (χ0v) is 16.6. The monoisotopic (exact) mass is 378 g/mol. The molecule has 146 valence electrons. The normalized spacial score (nSPS) is 23.8. The molecule has 1 saturated heterocycles. The minimum Gasteiger partial charge on any atom is -0.354 e. The Hall–Kier alpha value is -2.50. The fourth-order valence-electron chi connectivity index (χ4n) is 5.48. The highest BCUT2D eigenvalue weighted by atomic mass is 16.2. The van der Waals surface area contributed by atoms with Gasteiger partial charge in [0, 0.05) is 42.4 Å². The van der Waals surface area contributed by atoms with Crippen LogP contribution in [0, 0.1) is 13.8 Å². The molecule has 0 aromatic carbocycles. The fourth-order valence-corrected chi connectivity index (χ4v) is 5.48. The first-order valence-electron chi connectivity index (χ1n) is 10.4. The average Bonchev–Trinajstić information content (AvgIpc) is 3.20. The van der Waals surface area contributed by atoms with E-state index in [0.717, 1.165) is 73.4 Å². The molecule has 3 heterocycles. The Morgan fingerprint density at radius 1 is 1.18 bits per heavy atom. The summed E-state index contributed by atoms with van der Waals surface area (Å²) in [6, 6.07) is 0. The van der Waals surface area contributed by atoms with Crippen molar-refractivity contribution in [2.45, 2.75) is 64.2 Å². The molecule has 2 aromatic heterocycles. The molecule has 1 fully saturated rings. The predicted molar refractivity (Wildman–Crippen MR) is 105 cm³/mol. The Balaban J connectivity index is 1.47. The molecule has 0 radical (unpaired) electrons. The van der Waals surface area contributed by atoms with E-state index in [9.17, 15) is 9.59 Å². The van der Waals surface area contributed by atoms with E-state index in [-0.39, 0.29) is 17.1 Å². The molecule has 1 N–H and O–H groups in total. The van der Waals surface area contributed by atoms with Gasteiger partial charge in [-0.25, -0.2) is 9.97 Å². The molecular weight excluding hydrogens is 352 g/mol. The quantitative estimate of drug-likeness (QED) is 0.827. The first kappa shape index (κ1) is 17.6. The molecule has 0 saturated carbocycles. The summed E-state index contributed by atoms with van der Waals surface area (Å²) in [5.74, 6) is 0.994. The molecule has 1 atom stereocenters. The van der Waals surface area contributed by atoms with Crippen molar-refractivity contribution < 1.29 is 9.59 Å². The van der Waals surface area contributed by atoms with E-state index in [1.165, 1.54) is 5.56 Å². The highest BCUT2D eigenvalue weighted by Gasteiger charge is 2.45. The second-order valence-electron chi connectivity index (χ2n) is 8.66. The molecule has 28 heavy (non-hydrogen) atoms. The first-order valence-corrected chi connectivity index (χ1v) is 10.4. The number of carbonyl (C=O) groups excluding carboxylic acids is 2. The summed E-state index contributed by atoms with van der Waals surface area (Å²) in [4.78, 5) is 40.2. The fraction of sp³-hybridized carbons (Fsp3) is 0.545. The Kier molecular flexibility index (Phi) is 3.93. The first-order chi connectivity index (χ1) is 13.5. The van der Waals surface area contributed by atoms with Crippen LogP contribution in [0.3, 0.4) is 0 Å². The van der Waals surface area contributed by atoms with Crippen molar-refractivity contribution in [2.75, 3.05) is 13.1 Å². The van der Waals surface area contributed by atoms with Crippen LogP contribution in [0.2, 0.25) is 0 Å². The summed E-state index contributed by atoms with van der Waals surface area (Å²) in [6.07, 6.45) is 8.32. The van der Waals surface area contributed by atoms with Crippen LogP contribution < -0.4 is 0 Å². The van der Waals surface area contributed by atoms with Gasteiger partial charge in [0.25, 0.3) is 5.91 Å². The van der Waals surface area contributed by atoms with Crippen LogP contribution in [0.4, 0.5) is 0 Å². The predicted octanol–water partition coefficient (Wildman–Crippen LogP) is 3.06. The maximum absolute atomic E-state index is 13.4. The summed E-state index contributed by atoms with van der Waals surface area (Å²) in [7, 11) is 0. The Labute approximate surface area is 164 Å².